The van der Waals surface area contributed by atoms with Crippen LogP contribution in [-0.4, -0.2) is 18.4 Å². The van der Waals surface area contributed by atoms with E-state index in [1.807, 2.05) is 54.6 Å². The zero-order chi connectivity index (χ0) is 37.1. The van der Waals surface area contributed by atoms with Crippen molar-refractivity contribution in [1.82, 2.24) is 0 Å². The van der Waals surface area contributed by atoms with E-state index in [4.69, 9.17) is 14.4 Å². The largest absolute Gasteiger partial charge is 0.456 e. The fourth-order valence-electron chi connectivity index (χ4n) is 7.52. The molecule has 2 aliphatic carbocycles. The average Bonchev–Trinajstić information content (AvgIpc) is 3.79. The lowest BCUT2D eigenvalue weighted by atomic mass is 9.95. The van der Waals surface area contributed by atoms with Crippen LogP contribution in [0.15, 0.2) is 208 Å². The van der Waals surface area contributed by atoms with E-state index in [1.165, 1.54) is 22.3 Å². The summed E-state index contributed by atoms with van der Waals surface area (Å²) in [6.07, 6.45) is 11.7. The van der Waals surface area contributed by atoms with Crippen LogP contribution in [0.3, 0.4) is 0 Å². The van der Waals surface area contributed by atoms with Crippen molar-refractivity contribution in [2.75, 3.05) is 0 Å². The number of benzene rings is 6. The Morgan fingerprint density at radius 1 is 0.618 bits per heavy atom. The van der Waals surface area contributed by atoms with Gasteiger partial charge in [-0.3, -0.25) is 4.99 Å². The number of aliphatic imine (C=N–C) groups is 3. The summed E-state index contributed by atoms with van der Waals surface area (Å²) in [4.78, 5) is 14.6. The van der Waals surface area contributed by atoms with E-state index in [1.54, 1.807) is 0 Å². The Bertz CT molecular complexity index is 2810. The van der Waals surface area contributed by atoms with E-state index in [-0.39, 0.29) is 0 Å². The highest BCUT2D eigenvalue weighted by Gasteiger charge is 2.21. The van der Waals surface area contributed by atoms with Crippen molar-refractivity contribution in [2.24, 2.45) is 15.0 Å². The Balaban J connectivity index is 1.11. The Kier molecular flexibility index (Phi) is 8.99. The minimum Gasteiger partial charge on any atom is -0.456 e. The van der Waals surface area contributed by atoms with E-state index in [9.17, 15) is 0 Å². The standard InChI is InChI=1S/C51H37N3O/c1-34-13-11-18-39-31-40(44-20-10-9-19-43(39)44)27-29-42(34)41-28-30-45-48(32-41)55-47-22-12-21-46(49(45)47)51(52-2)54-50(53-33-35-14-5-3-6-15-35)38-25-23-37(24-26-38)36-16-7-4-8-17-36/h3-30,32H,1-2,31,33H2/b13-11-,39-18+,40-27+,42-29+,53-50?,54-51?. The van der Waals surface area contributed by atoms with Crippen LogP contribution in [0.25, 0.3) is 49.8 Å². The molecule has 7 aromatic rings. The van der Waals surface area contributed by atoms with Crippen molar-refractivity contribution in [3.63, 3.8) is 0 Å². The molecule has 262 valence electrons. The molecule has 9 rings (SSSR count). The molecule has 0 saturated heterocycles. The highest BCUT2D eigenvalue weighted by atomic mass is 16.3. The van der Waals surface area contributed by atoms with E-state index < -0.39 is 0 Å². The van der Waals surface area contributed by atoms with Gasteiger partial charge in [0.2, 0.25) is 0 Å². The highest BCUT2D eigenvalue weighted by molar-refractivity contribution is 6.22. The van der Waals surface area contributed by atoms with Gasteiger partial charge in [0.15, 0.2) is 11.7 Å². The summed E-state index contributed by atoms with van der Waals surface area (Å²) in [5.74, 6) is 1.05. The number of allylic oxidation sites excluding steroid dienone is 9. The SMILES string of the molecule is C=NC(=NC(=NCc1ccccc1)c1ccc(-c2ccccc2)cc1)c1cccc2oc3cc(/C4=C/C=C5\C/C(=C\C=C/C4=C)c4ccccc45)ccc3c12. The molecule has 1 aromatic heterocycles. The average molecular weight is 708 g/mol. The molecule has 2 bridgehead atoms. The maximum Gasteiger partial charge on any atom is 0.161 e. The lowest BCUT2D eigenvalue weighted by Gasteiger charge is -2.09. The summed E-state index contributed by atoms with van der Waals surface area (Å²) in [6, 6.07) is 49.9. The second kappa shape index (κ2) is 14.7. The predicted molar refractivity (Wildman–Crippen MR) is 232 cm³/mol. The molecule has 0 fully saturated rings. The molecule has 0 atom stereocenters. The van der Waals surface area contributed by atoms with Gasteiger partial charge < -0.3 is 4.42 Å². The number of rotatable bonds is 6. The Hall–Kier alpha value is -7.17. The Morgan fingerprint density at radius 3 is 2.07 bits per heavy atom. The fourth-order valence-corrected chi connectivity index (χ4v) is 7.52. The van der Waals surface area contributed by atoms with Gasteiger partial charge in [0.25, 0.3) is 0 Å². The number of fused-ring (bicyclic) bond motifs is 8. The molecular weight excluding hydrogens is 671 g/mol. The van der Waals surface area contributed by atoms with Gasteiger partial charge in [0, 0.05) is 21.9 Å². The summed E-state index contributed by atoms with van der Waals surface area (Å²) in [7, 11) is 0. The number of hydrogen-bond acceptors (Lipinski definition) is 2. The van der Waals surface area contributed by atoms with Crippen LogP contribution in [-0.2, 0) is 6.54 Å². The first-order valence-electron chi connectivity index (χ1n) is 18.5. The second-order valence-electron chi connectivity index (χ2n) is 13.7. The Morgan fingerprint density at radius 2 is 1.31 bits per heavy atom. The quantitative estimate of drug-likeness (QED) is 0.125. The van der Waals surface area contributed by atoms with Crippen LogP contribution in [0.1, 0.15) is 39.8 Å². The maximum atomic E-state index is 6.55. The van der Waals surface area contributed by atoms with Gasteiger partial charge in [-0.25, -0.2) is 9.98 Å². The third-order valence-electron chi connectivity index (χ3n) is 10.3. The van der Waals surface area contributed by atoms with Crippen molar-refractivity contribution in [3.8, 4) is 11.1 Å². The molecule has 4 nitrogen and oxygen atoms in total. The van der Waals surface area contributed by atoms with Gasteiger partial charge >= 0.3 is 0 Å². The predicted octanol–water partition coefficient (Wildman–Crippen LogP) is 12.7. The van der Waals surface area contributed by atoms with Gasteiger partial charge in [-0.2, -0.15) is 0 Å². The van der Waals surface area contributed by atoms with Crippen molar-refractivity contribution in [1.29, 1.82) is 0 Å². The summed E-state index contributed by atoms with van der Waals surface area (Å²) < 4.78 is 6.55. The molecule has 4 heteroatoms. The van der Waals surface area contributed by atoms with Gasteiger partial charge in [-0.1, -0.05) is 164 Å². The number of furan rings is 1. The smallest absolute Gasteiger partial charge is 0.161 e. The molecule has 2 aliphatic rings. The molecule has 0 aliphatic heterocycles. The molecule has 0 saturated carbocycles. The van der Waals surface area contributed by atoms with Crippen LogP contribution in [0.5, 0.6) is 0 Å². The fraction of sp³-hybridized carbons (Fsp3) is 0.0392. The van der Waals surface area contributed by atoms with Crippen LogP contribution in [0, 0.1) is 0 Å². The van der Waals surface area contributed by atoms with Crippen LogP contribution in [0.2, 0.25) is 0 Å². The summed E-state index contributed by atoms with van der Waals surface area (Å²) in [5, 5.41) is 1.90. The lowest BCUT2D eigenvalue weighted by Crippen LogP contribution is -2.06. The van der Waals surface area contributed by atoms with Gasteiger partial charge in [0.1, 0.15) is 11.2 Å². The maximum absolute atomic E-state index is 6.55. The molecule has 0 unspecified atom stereocenters. The van der Waals surface area contributed by atoms with Crippen LogP contribution in [0.4, 0.5) is 0 Å². The molecular formula is C51H37N3O. The second-order valence-corrected chi connectivity index (χ2v) is 13.7. The first kappa shape index (κ1) is 33.7. The zero-order valence-electron chi connectivity index (χ0n) is 30.3. The molecule has 0 spiro atoms. The number of amidine groups is 2. The third kappa shape index (κ3) is 6.67. The lowest BCUT2D eigenvalue weighted by molar-refractivity contribution is 0.669. The number of nitrogens with zero attached hydrogens (tertiary/aromatic N) is 3. The number of hydrogen-bond donors (Lipinski definition) is 0. The molecule has 55 heavy (non-hydrogen) atoms. The van der Waals surface area contributed by atoms with E-state index in [0.29, 0.717) is 18.2 Å². The molecule has 0 radical (unpaired) electrons. The van der Waals surface area contributed by atoms with E-state index >= 15 is 0 Å². The minimum absolute atomic E-state index is 0.473. The van der Waals surface area contributed by atoms with Crippen molar-refractivity contribution < 1.29 is 4.42 Å². The first-order valence-corrected chi connectivity index (χ1v) is 18.5. The minimum atomic E-state index is 0.473. The van der Waals surface area contributed by atoms with Gasteiger partial charge in [0.05, 0.1) is 6.54 Å². The summed E-state index contributed by atoms with van der Waals surface area (Å²) in [5.41, 5.74) is 14.8. The van der Waals surface area contributed by atoms with E-state index in [0.717, 1.165) is 72.9 Å². The Labute approximate surface area is 321 Å². The van der Waals surface area contributed by atoms with Crippen LogP contribution >= 0.6 is 0 Å². The third-order valence-corrected chi connectivity index (χ3v) is 10.3. The van der Waals surface area contributed by atoms with Crippen molar-refractivity contribution >= 4 is 57.0 Å². The molecule has 6 aromatic carbocycles. The first-order chi connectivity index (χ1) is 27.1. The monoisotopic (exact) mass is 707 g/mol. The van der Waals surface area contributed by atoms with Crippen LogP contribution < -0.4 is 0 Å². The van der Waals surface area contributed by atoms with Crippen molar-refractivity contribution in [2.45, 2.75) is 13.0 Å². The molecule has 1 heterocycles. The van der Waals surface area contributed by atoms with Gasteiger partial charge in [-0.05, 0) is 87.0 Å². The summed E-state index contributed by atoms with van der Waals surface area (Å²) in [6.45, 7) is 8.90. The summed E-state index contributed by atoms with van der Waals surface area (Å²) >= 11 is 0. The molecule has 0 amide bonds. The topological polar surface area (TPSA) is 50.2 Å². The van der Waals surface area contributed by atoms with Crippen molar-refractivity contribution in [3.05, 3.63) is 222 Å². The zero-order valence-corrected chi connectivity index (χ0v) is 30.3. The molecule has 0 N–H and O–H groups in total. The van der Waals surface area contributed by atoms with E-state index in [2.05, 4.69) is 140 Å². The highest BCUT2D eigenvalue weighted by Crippen LogP contribution is 2.42. The van der Waals surface area contributed by atoms with Gasteiger partial charge in [-0.15, -0.1) is 0 Å². The normalized spacial score (nSPS) is 17.8.